The molecule has 2 unspecified atom stereocenters. The Balaban J connectivity index is 1.85. The van der Waals surface area contributed by atoms with Crippen molar-refractivity contribution in [2.75, 3.05) is 6.54 Å². The van der Waals surface area contributed by atoms with Crippen LogP contribution in [0.15, 0.2) is 24.3 Å². The maximum Gasteiger partial charge on any atom is 0.00965 e. The molecule has 1 aromatic rings. The van der Waals surface area contributed by atoms with Crippen molar-refractivity contribution < 1.29 is 0 Å². The fraction of sp³-hybridized carbons (Fsp3) is 0.684. The van der Waals surface area contributed by atoms with Crippen LogP contribution in [-0.4, -0.2) is 12.1 Å². The number of hydrogen-bond acceptors (Lipinski definition) is 1. The fourth-order valence-corrected chi connectivity index (χ4v) is 3.40. The number of rotatable bonds is 5. The third-order valence-corrected chi connectivity index (χ3v) is 4.47. The molecular weight excluding hydrogens is 242 g/mol. The highest BCUT2D eigenvalue weighted by molar-refractivity contribution is 5.32. The van der Waals surface area contributed by atoms with E-state index in [1.165, 1.54) is 32.1 Å². The van der Waals surface area contributed by atoms with Gasteiger partial charge in [0.25, 0.3) is 0 Å². The number of aryl methyl sites for hydroxylation is 1. The second-order valence-electron chi connectivity index (χ2n) is 7.59. The zero-order valence-electron chi connectivity index (χ0n) is 13.7. The van der Waals surface area contributed by atoms with Gasteiger partial charge < -0.3 is 5.32 Å². The van der Waals surface area contributed by atoms with E-state index in [0.29, 0.717) is 0 Å². The van der Waals surface area contributed by atoms with E-state index in [9.17, 15) is 0 Å². The van der Waals surface area contributed by atoms with Gasteiger partial charge in [-0.1, -0.05) is 31.2 Å². The van der Waals surface area contributed by atoms with E-state index in [-0.39, 0.29) is 5.54 Å². The largest absolute Gasteiger partial charge is 0.312 e. The molecule has 1 nitrogen and oxygen atoms in total. The van der Waals surface area contributed by atoms with Crippen molar-refractivity contribution in [3.8, 4) is 0 Å². The van der Waals surface area contributed by atoms with Crippen molar-refractivity contribution in [1.82, 2.24) is 5.32 Å². The Bertz CT molecular complexity index is 416. The van der Waals surface area contributed by atoms with E-state index in [2.05, 4.69) is 57.3 Å². The standard InChI is InChI=1S/C19H31N/c1-15(12-13-20-19(2,3)4)14-17-10-7-9-16-8-5-6-11-18(16)17/h5-6,8,11,15,17,20H,7,9-10,12-14H2,1-4H3. The zero-order chi connectivity index (χ0) is 14.6. The number of hydrogen-bond donors (Lipinski definition) is 1. The summed E-state index contributed by atoms with van der Waals surface area (Å²) in [5.41, 5.74) is 3.48. The van der Waals surface area contributed by atoms with Gasteiger partial charge >= 0.3 is 0 Å². The Morgan fingerprint density at radius 3 is 2.75 bits per heavy atom. The second-order valence-corrected chi connectivity index (χ2v) is 7.59. The summed E-state index contributed by atoms with van der Waals surface area (Å²) in [6.07, 6.45) is 6.67. The van der Waals surface area contributed by atoms with Gasteiger partial charge in [0.05, 0.1) is 0 Å². The molecule has 2 rings (SSSR count). The Morgan fingerprint density at radius 2 is 2.00 bits per heavy atom. The Labute approximate surface area is 125 Å². The van der Waals surface area contributed by atoms with Gasteiger partial charge in [-0.05, 0) is 82.4 Å². The topological polar surface area (TPSA) is 12.0 Å². The third kappa shape index (κ3) is 4.63. The van der Waals surface area contributed by atoms with Gasteiger partial charge in [-0.25, -0.2) is 0 Å². The molecule has 2 atom stereocenters. The summed E-state index contributed by atoms with van der Waals surface area (Å²) < 4.78 is 0. The SMILES string of the molecule is CC(CCNC(C)(C)C)CC1CCCc2ccccc21. The maximum absolute atomic E-state index is 3.61. The van der Waals surface area contributed by atoms with Gasteiger partial charge in [0.2, 0.25) is 0 Å². The van der Waals surface area contributed by atoms with Gasteiger partial charge in [-0.15, -0.1) is 0 Å². The van der Waals surface area contributed by atoms with Gasteiger partial charge in [0.1, 0.15) is 0 Å². The Morgan fingerprint density at radius 1 is 1.25 bits per heavy atom. The molecule has 0 bridgehead atoms. The van der Waals surface area contributed by atoms with Crippen LogP contribution < -0.4 is 5.32 Å². The van der Waals surface area contributed by atoms with E-state index in [1.54, 1.807) is 11.1 Å². The molecule has 0 aromatic heterocycles. The monoisotopic (exact) mass is 273 g/mol. The van der Waals surface area contributed by atoms with Crippen LogP contribution in [0.4, 0.5) is 0 Å². The van der Waals surface area contributed by atoms with Crippen molar-refractivity contribution in [1.29, 1.82) is 0 Å². The summed E-state index contributed by atoms with van der Waals surface area (Å²) in [7, 11) is 0. The van der Waals surface area contributed by atoms with Crippen LogP contribution in [0, 0.1) is 5.92 Å². The molecule has 0 saturated carbocycles. The van der Waals surface area contributed by atoms with Crippen LogP contribution in [0.2, 0.25) is 0 Å². The second kappa shape index (κ2) is 6.76. The molecule has 0 amide bonds. The maximum atomic E-state index is 3.61. The average Bonchev–Trinajstić information content (AvgIpc) is 2.37. The summed E-state index contributed by atoms with van der Waals surface area (Å²) in [5.74, 6) is 1.60. The van der Waals surface area contributed by atoms with Crippen LogP contribution in [0.1, 0.15) is 70.4 Å². The van der Waals surface area contributed by atoms with Crippen LogP contribution in [0.25, 0.3) is 0 Å². The number of nitrogens with one attached hydrogen (secondary N) is 1. The Kier molecular flexibility index (Phi) is 5.26. The Hall–Kier alpha value is -0.820. The molecule has 0 heterocycles. The summed E-state index contributed by atoms with van der Waals surface area (Å²) in [4.78, 5) is 0. The minimum atomic E-state index is 0.247. The van der Waals surface area contributed by atoms with Crippen LogP contribution in [0.5, 0.6) is 0 Å². The molecule has 1 aliphatic rings. The van der Waals surface area contributed by atoms with E-state index in [4.69, 9.17) is 0 Å². The first-order chi connectivity index (χ1) is 9.46. The summed E-state index contributed by atoms with van der Waals surface area (Å²) in [6, 6.07) is 9.09. The zero-order valence-corrected chi connectivity index (χ0v) is 13.7. The molecule has 0 aliphatic heterocycles. The average molecular weight is 273 g/mol. The highest BCUT2D eigenvalue weighted by Gasteiger charge is 2.21. The lowest BCUT2D eigenvalue weighted by Gasteiger charge is -2.28. The van der Waals surface area contributed by atoms with Crippen LogP contribution in [-0.2, 0) is 6.42 Å². The van der Waals surface area contributed by atoms with Gasteiger partial charge in [-0.3, -0.25) is 0 Å². The van der Waals surface area contributed by atoms with Crippen LogP contribution in [0.3, 0.4) is 0 Å². The molecule has 1 aliphatic carbocycles. The minimum Gasteiger partial charge on any atom is -0.312 e. The summed E-state index contributed by atoms with van der Waals surface area (Å²) >= 11 is 0. The fourth-order valence-electron chi connectivity index (χ4n) is 3.40. The van der Waals surface area contributed by atoms with Crippen molar-refractivity contribution in [2.45, 2.75) is 71.3 Å². The molecule has 0 spiro atoms. The molecule has 20 heavy (non-hydrogen) atoms. The summed E-state index contributed by atoms with van der Waals surface area (Å²) in [6.45, 7) is 10.3. The van der Waals surface area contributed by atoms with Gasteiger partial charge in [-0.2, -0.15) is 0 Å². The molecular formula is C19H31N. The highest BCUT2D eigenvalue weighted by Crippen LogP contribution is 2.36. The normalized spacial score (nSPS) is 20.5. The van der Waals surface area contributed by atoms with E-state index >= 15 is 0 Å². The predicted octanol–water partition coefficient (Wildman–Crippen LogP) is 4.91. The molecule has 1 heteroatoms. The summed E-state index contributed by atoms with van der Waals surface area (Å²) in [5, 5.41) is 3.61. The van der Waals surface area contributed by atoms with E-state index in [1.807, 2.05) is 0 Å². The van der Waals surface area contributed by atoms with Crippen molar-refractivity contribution in [3.05, 3.63) is 35.4 Å². The van der Waals surface area contributed by atoms with Crippen LogP contribution >= 0.6 is 0 Å². The molecule has 1 N–H and O–H groups in total. The van der Waals surface area contributed by atoms with E-state index in [0.717, 1.165) is 18.4 Å². The van der Waals surface area contributed by atoms with Gasteiger partial charge in [0, 0.05) is 5.54 Å². The number of benzene rings is 1. The molecule has 0 saturated heterocycles. The smallest absolute Gasteiger partial charge is 0.00965 e. The molecule has 0 radical (unpaired) electrons. The first-order valence-corrected chi connectivity index (χ1v) is 8.28. The van der Waals surface area contributed by atoms with Crippen molar-refractivity contribution in [3.63, 3.8) is 0 Å². The number of fused-ring (bicyclic) bond motifs is 1. The van der Waals surface area contributed by atoms with Crippen molar-refractivity contribution >= 4 is 0 Å². The highest BCUT2D eigenvalue weighted by atomic mass is 14.9. The molecule has 112 valence electrons. The lowest BCUT2D eigenvalue weighted by molar-refractivity contribution is 0.363. The minimum absolute atomic E-state index is 0.247. The van der Waals surface area contributed by atoms with E-state index < -0.39 is 0 Å². The predicted molar refractivity (Wildman–Crippen MR) is 88.3 cm³/mol. The van der Waals surface area contributed by atoms with Crippen molar-refractivity contribution in [2.24, 2.45) is 5.92 Å². The lowest BCUT2D eigenvalue weighted by atomic mass is 9.78. The lowest BCUT2D eigenvalue weighted by Crippen LogP contribution is -2.37. The quantitative estimate of drug-likeness (QED) is 0.803. The van der Waals surface area contributed by atoms with Gasteiger partial charge in [0.15, 0.2) is 0 Å². The molecule has 1 aromatic carbocycles. The molecule has 0 fully saturated rings. The first kappa shape index (κ1) is 15.6. The first-order valence-electron chi connectivity index (χ1n) is 8.28. The third-order valence-electron chi connectivity index (χ3n) is 4.47.